The molecule has 0 fully saturated rings. The fourth-order valence-corrected chi connectivity index (χ4v) is 3.07. The molecule has 2 aromatic rings. The molecule has 0 atom stereocenters. The van der Waals surface area contributed by atoms with E-state index in [2.05, 4.69) is 16.3 Å². The fraction of sp³-hybridized carbons (Fsp3) is 0.300. The number of carbonyl (C=O) groups excluding carboxylic acids is 2. The molecular weight excluding hydrogens is 316 g/mol. The van der Waals surface area contributed by atoms with Crippen LogP contribution < -0.4 is 10.1 Å². The number of anilines is 1. The summed E-state index contributed by atoms with van der Waals surface area (Å²) in [7, 11) is 1.66. The van der Waals surface area contributed by atoms with Gasteiger partial charge in [-0.3, -0.25) is 14.5 Å². The lowest BCUT2D eigenvalue weighted by molar-refractivity contribution is -0.117. The average Bonchev–Trinajstić information content (AvgIpc) is 2.61. The molecule has 1 aliphatic heterocycles. The van der Waals surface area contributed by atoms with Gasteiger partial charge in [0.1, 0.15) is 5.75 Å². The molecule has 1 heterocycles. The highest BCUT2D eigenvalue weighted by Gasteiger charge is 2.19. The lowest BCUT2D eigenvalue weighted by Gasteiger charge is -2.28. The van der Waals surface area contributed by atoms with E-state index in [9.17, 15) is 9.59 Å². The van der Waals surface area contributed by atoms with Gasteiger partial charge in [0.25, 0.3) is 0 Å². The summed E-state index contributed by atoms with van der Waals surface area (Å²) in [6.07, 6.45) is 0.923. The van der Waals surface area contributed by atoms with Gasteiger partial charge in [0, 0.05) is 24.3 Å². The van der Waals surface area contributed by atoms with Crippen LogP contribution in [0.4, 0.5) is 5.69 Å². The SMILES string of the molecule is COc1ccc2c(c1)CN(CC(=O)Nc1cccc(C(C)=O)c1)CC2. The second kappa shape index (κ2) is 7.49. The van der Waals surface area contributed by atoms with Gasteiger partial charge >= 0.3 is 0 Å². The Kier molecular flexibility index (Phi) is 5.14. The maximum Gasteiger partial charge on any atom is 0.238 e. The number of carbonyl (C=O) groups is 2. The van der Waals surface area contributed by atoms with E-state index in [0.29, 0.717) is 17.8 Å². The molecule has 0 spiro atoms. The maximum atomic E-state index is 12.3. The van der Waals surface area contributed by atoms with Gasteiger partial charge in [-0.1, -0.05) is 18.2 Å². The van der Waals surface area contributed by atoms with Crippen LogP contribution in [-0.2, 0) is 17.8 Å². The van der Waals surface area contributed by atoms with Crippen molar-refractivity contribution >= 4 is 17.4 Å². The Balaban J connectivity index is 1.62. The maximum absolute atomic E-state index is 12.3. The van der Waals surface area contributed by atoms with Crippen molar-refractivity contribution < 1.29 is 14.3 Å². The monoisotopic (exact) mass is 338 g/mol. The highest BCUT2D eigenvalue weighted by Crippen LogP contribution is 2.23. The molecule has 0 unspecified atom stereocenters. The van der Waals surface area contributed by atoms with Crippen LogP contribution in [0.3, 0.4) is 0 Å². The first-order valence-electron chi connectivity index (χ1n) is 8.34. The number of hydrogen-bond acceptors (Lipinski definition) is 4. The zero-order valence-corrected chi connectivity index (χ0v) is 14.5. The van der Waals surface area contributed by atoms with Crippen molar-refractivity contribution in [2.24, 2.45) is 0 Å². The zero-order valence-electron chi connectivity index (χ0n) is 14.5. The van der Waals surface area contributed by atoms with Crippen LogP contribution in [0.5, 0.6) is 5.75 Å². The molecule has 130 valence electrons. The number of fused-ring (bicyclic) bond motifs is 1. The van der Waals surface area contributed by atoms with E-state index in [1.165, 1.54) is 18.1 Å². The second-order valence-corrected chi connectivity index (χ2v) is 6.28. The molecule has 2 aromatic carbocycles. The molecule has 1 amide bonds. The molecule has 0 aliphatic carbocycles. The number of ether oxygens (including phenoxy) is 1. The highest BCUT2D eigenvalue weighted by atomic mass is 16.5. The fourth-order valence-electron chi connectivity index (χ4n) is 3.07. The highest BCUT2D eigenvalue weighted by molar-refractivity contribution is 5.97. The normalized spacial score (nSPS) is 13.8. The van der Waals surface area contributed by atoms with Crippen LogP contribution >= 0.6 is 0 Å². The standard InChI is InChI=1S/C20H22N2O3/c1-14(23)16-4-3-5-18(10-16)21-20(24)13-22-9-8-15-6-7-19(25-2)11-17(15)12-22/h3-7,10-11H,8-9,12-13H2,1-2H3,(H,21,24). The van der Waals surface area contributed by atoms with Crippen LogP contribution in [0, 0.1) is 0 Å². The Labute approximate surface area is 147 Å². The first kappa shape index (κ1) is 17.2. The van der Waals surface area contributed by atoms with Crippen molar-refractivity contribution in [1.29, 1.82) is 0 Å². The van der Waals surface area contributed by atoms with Gasteiger partial charge in [-0.15, -0.1) is 0 Å². The van der Waals surface area contributed by atoms with Crippen molar-refractivity contribution in [3.05, 3.63) is 59.2 Å². The third kappa shape index (κ3) is 4.25. The molecule has 5 heteroatoms. The van der Waals surface area contributed by atoms with Crippen LogP contribution in [0.1, 0.15) is 28.4 Å². The molecule has 0 saturated carbocycles. The summed E-state index contributed by atoms with van der Waals surface area (Å²) in [5, 5.41) is 2.87. The lowest BCUT2D eigenvalue weighted by atomic mass is 9.99. The summed E-state index contributed by atoms with van der Waals surface area (Å²) in [6, 6.07) is 13.1. The van der Waals surface area contributed by atoms with Crippen molar-refractivity contribution in [3.8, 4) is 5.75 Å². The summed E-state index contributed by atoms with van der Waals surface area (Å²) in [5.41, 5.74) is 3.76. The van der Waals surface area contributed by atoms with Crippen LogP contribution in [0.25, 0.3) is 0 Å². The first-order valence-corrected chi connectivity index (χ1v) is 8.34. The minimum Gasteiger partial charge on any atom is -0.497 e. The Morgan fingerprint density at radius 1 is 1.16 bits per heavy atom. The zero-order chi connectivity index (χ0) is 17.8. The molecule has 1 aliphatic rings. The number of nitrogens with one attached hydrogen (secondary N) is 1. The van der Waals surface area contributed by atoms with E-state index >= 15 is 0 Å². The summed E-state index contributed by atoms with van der Waals surface area (Å²) in [5.74, 6) is 0.746. The number of amides is 1. The molecule has 1 N–H and O–H groups in total. The number of ketones is 1. The van der Waals surface area contributed by atoms with E-state index in [1.54, 1.807) is 31.4 Å². The molecule has 5 nitrogen and oxygen atoms in total. The molecule has 0 aromatic heterocycles. The second-order valence-electron chi connectivity index (χ2n) is 6.28. The van der Waals surface area contributed by atoms with Gasteiger partial charge in [0.05, 0.1) is 13.7 Å². The van der Waals surface area contributed by atoms with Gasteiger partial charge in [-0.25, -0.2) is 0 Å². The van der Waals surface area contributed by atoms with E-state index in [-0.39, 0.29) is 11.7 Å². The molecule has 0 radical (unpaired) electrons. The molecule has 0 bridgehead atoms. The average molecular weight is 338 g/mol. The van der Waals surface area contributed by atoms with Gasteiger partial charge in [-0.2, -0.15) is 0 Å². The number of hydrogen-bond donors (Lipinski definition) is 1. The van der Waals surface area contributed by atoms with Crippen molar-refractivity contribution in [1.82, 2.24) is 4.90 Å². The molecular formula is C20H22N2O3. The van der Waals surface area contributed by atoms with E-state index in [0.717, 1.165) is 25.3 Å². The summed E-state index contributed by atoms with van der Waals surface area (Å²) in [6.45, 7) is 3.41. The Morgan fingerprint density at radius 3 is 2.76 bits per heavy atom. The van der Waals surface area contributed by atoms with Crippen LogP contribution in [0.2, 0.25) is 0 Å². The number of Topliss-reactive ketones (excluding diaryl/α,β-unsaturated/α-hetero) is 1. The third-order valence-electron chi connectivity index (χ3n) is 4.42. The summed E-state index contributed by atoms with van der Waals surface area (Å²) in [4.78, 5) is 25.9. The van der Waals surface area contributed by atoms with E-state index in [4.69, 9.17) is 4.74 Å². The van der Waals surface area contributed by atoms with Gasteiger partial charge in [0.15, 0.2) is 5.78 Å². The Morgan fingerprint density at radius 2 is 2.00 bits per heavy atom. The van der Waals surface area contributed by atoms with Crippen LogP contribution in [0.15, 0.2) is 42.5 Å². The van der Waals surface area contributed by atoms with Crippen molar-refractivity contribution in [3.63, 3.8) is 0 Å². The summed E-state index contributed by atoms with van der Waals surface area (Å²) >= 11 is 0. The first-order chi connectivity index (χ1) is 12.0. The van der Waals surface area contributed by atoms with Gasteiger partial charge < -0.3 is 10.1 Å². The number of nitrogens with zero attached hydrogens (tertiary/aromatic N) is 1. The quantitative estimate of drug-likeness (QED) is 0.852. The summed E-state index contributed by atoms with van der Waals surface area (Å²) < 4.78 is 5.28. The van der Waals surface area contributed by atoms with Gasteiger partial charge in [-0.05, 0) is 48.7 Å². The lowest BCUT2D eigenvalue weighted by Crippen LogP contribution is -2.37. The van der Waals surface area contributed by atoms with Crippen molar-refractivity contribution in [2.45, 2.75) is 19.9 Å². The Bertz CT molecular complexity index is 801. The predicted octanol–water partition coefficient (Wildman–Crippen LogP) is 2.89. The topological polar surface area (TPSA) is 58.6 Å². The van der Waals surface area contributed by atoms with Gasteiger partial charge in [0.2, 0.25) is 5.91 Å². The van der Waals surface area contributed by atoms with Crippen LogP contribution in [-0.4, -0.2) is 36.8 Å². The number of rotatable bonds is 5. The van der Waals surface area contributed by atoms with E-state index < -0.39 is 0 Å². The molecule has 25 heavy (non-hydrogen) atoms. The smallest absolute Gasteiger partial charge is 0.238 e. The third-order valence-corrected chi connectivity index (χ3v) is 4.42. The molecule has 0 saturated heterocycles. The minimum absolute atomic E-state index is 0.0160. The molecule has 3 rings (SSSR count). The minimum atomic E-state index is -0.0768. The number of methoxy groups -OCH3 is 1. The number of benzene rings is 2. The van der Waals surface area contributed by atoms with E-state index in [1.807, 2.05) is 12.1 Å². The largest absolute Gasteiger partial charge is 0.497 e. The Hall–Kier alpha value is -2.66. The van der Waals surface area contributed by atoms with Crippen molar-refractivity contribution in [2.75, 3.05) is 25.5 Å². The predicted molar refractivity (Wildman–Crippen MR) is 97.1 cm³/mol.